The Morgan fingerprint density at radius 2 is 0.800 bits per heavy atom. The molecule has 0 saturated heterocycles. The zero-order valence-electron chi connectivity index (χ0n) is 12.9. The predicted octanol–water partition coefficient (Wildman–Crippen LogP) is 4.19. The van der Waals surface area contributed by atoms with Crippen LogP contribution in [0.2, 0.25) is 0 Å². The SMILES string of the molecule is C#CCOCCCCCCCCCCCCOCC#C. The molecule has 0 aliphatic carbocycles. The number of ether oxygens (including phenoxy) is 2. The molecule has 114 valence electrons. The van der Waals surface area contributed by atoms with Crippen LogP contribution in [0.5, 0.6) is 0 Å². The van der Waals surface area contributed by atoms with Crippen molar-refractivity contribution in [2.45, 2.75) is 64.2 Å². The molecule has 0 aromatic carbocycles. The average Bonchev–Trinajstić information content (AvgIpc) is 2.47. The minimum absolute atomic E-state index is 0.452. The predicted molar refractivity (Wildman–Crippen MR) is 85.5 cm³/mol. The fourth-order valence-electron chi connectivity index (χ4n) is 2.08. The van der Waals surface area contributed by atoms with E-state index in [1.54, 1.807) is 0 Å². The Balaban J connectivity index is 2.93. The molecule has 0 heterocycles. The molecule has 0 fully saturated rings. The molecule has 0 atom stereocenters. The summed E-state index contributed by atoms with van der Waals surface area (Å²) in [4.78, 5) is 0. The molecule has 0 unspecified atom stereocenters. The van der Waals surface area contributed by atoms with Crippen molar-refractivity contribution in [3.63, 3.8) is 0 Å². The lowest BCUT2D eigenvalue weighted by molar-refractivity contribution is 0.161. The minimum Gasteiger partial charge on any atom is -0.369 e. The third kappa shape index (κ3) is 17.0. The molecule has 0 saturated carbocycles. The highest BCUT2D eigenvalue weighted by molar-refractivity contribution is 4.83. The van der Waals surface area contributed by atoms with Crippen LogP contribution in [0.3, 0.4) is 0 Å². The van der Waals surface area contributed by atoms with E-state index in [1.807, 2.05) is 0 Å². The van der Waals surface area contributed by atoms with Crippen molar-refractivity contribution in [2.75, 3.05) is 26.4 Å². The normalized spacial score (nSPS) is 10.1. The van der Waals surface area contributed by atoms with Crippen molar-refractivity contribution in [1.82, 2.24) is 0 Å². The fourth-order valence-corrected chi connectivity index (χ4v) is 2.08. The van der Waals surface area contributed by atoms with Gasteiger partial charge in [-0.3, -0.25) is 0 Å². The van der Waals surface area contributed by atoms with Gasteiger partial charge in [-0.1, -0.05) is 63.2 Å². The van der Waals surface area contributed by atoms with E-state index in [0.29, 0.717) is 13.2 Å². The Bertz CT molecular complexity index is 232. The van der Waals surface area contributed by atoms with Gasteiger partial charge in [-0.25, -0.2) is 0 Å². The molecule has 0 N–H and O–H groups in total. The Morgan fingerprint density at radius 3 is 1.10 bits per heavy atom. The van der Waals surface area contributed by atoms with E-state index >= 15 is 0 Å². The van der Waals surface area contributed by atoms with E-state index in [4.69, 9.17) is 22.3 Å². The van der Waals surface area contributed by atoms with Gasteiger partial charge in [-0.05, 0) is 12.8 Å². The summed E-state index contributed by atoms with van der Waals surface area (Å²) in [6.45, 7) is 2.53. The lowest BCUT2D eigenvalue weighted by atomic mass is 10.1. The number of hydrogen-bond acceptors (Lipinski definition) is 2. The molecule has 0 spiro atoms. The largest absolute Gasteiger partial charge is 0.369 e. The second-order valence-corrected chi connectivity index (χ2v) is 5.05. The van der Waals surface area contributed by atoms with Gasteiger partial charge >= 0.3 is 0 Å². The van der Waals surface area contributed by atoms with Crippen LogP contribution in [-0.2, 0) is 9.47 Å². The summed E-state index contributed by atoms with van der Waals surface area (Å²) in [5.74, 6) is 4.96. The molecule has 0 aromatic heterocycles. The molecule has 2 heteroatoms. The van der Waals surface area contributed by atoms with Crippen molar-refractivity contribution >= 4 is 0 Å². The minimum atomic E-state index is 0.452. The van der Waals surface area contributed by atoms with E-state index < -0.39 is 0 Å². The molecular weight excluding hydrogens is 248 g/mol. The van der Waals surface area contributed by atoms with Crippen molar-refractivity contribution in [2.24, 2.45) is 0 Å². The van der Waals surface area contributed by atoms with Crippen LogP contribution in [0.4, 0.5) is 0 Å². The zero-order valence-corrected chi connectivity index (χ0v) is 12.9. The van der Waals surface area contributed by atoms with Gasteiger partial charge < -0.3 is 9.47 Å². The number of rotatable bonds is 15. The third-order valence-corrected chi connectivity index (χ3v) is 3.20. The van der Waals surface area contributed by atoms with Crippen molar-refractivity contribution in [1.29, 1.82) is 0 Å². The first-order valence-electron chi connectivity index (χ1n) is 7.94. The molecule has 0 rings (SSSR count). The summed E-state index contributed by atoms with van der Waals surface area (Å²) in [5.41, 5.74) is 0. The Hall–Kier alpha value is -0.960. The fraction of sp³-hybridized carbons (Fsp3) is 0.778. The molecular formula is C18H30O2. The standard InChI is InChI=1S/C18H30O2/c1-3-15-19-17-13-11-9-7-5-6-8-10-12-14-18-20-16-4-2/h1-2H,5-18H2. The zero-order chi connectivity index (χ0) is 14.7. The van der Waals surface area contributed by atoms with Crippen molar-refractivity contribution < 1.29 is 9.47 Å². The van der Waals surface area contributed by atoms with Crippen LogP contribution in [0.15, 0.2) is 0 Å². The third-order valence-electron chi connectivity index (χ3n) is 3.20. The summed E-state index contributed by atoms with van der Waals surface area (Å²) in [5, 5.41) is 0. The maximum Gasteiger partial charge on any atom is 0.107 e. The molecule has 0 aliphatic heterocycles. The van der Waals surface area contributed by atoms with Crippen LogP contribution in [-0.4, -0.2) is 26.4 Å². The summed E-state index contributed by atoms with van der Waals surface area (Å²) in [6.07, 6.45) is 23.1. The van der Waals surface area contributed by atoms with Crippen LogP contribution >= 0.6 is 0 Å². The lowest BCUT2D eigenvalue weighted by Crippen LogP contribution is -1.94. The van der Waals surface area contributed by atoms with Crippen LogP contribution in [0, 0.1) is 24.7 Å². The van der Waals surface area contributed by atoms with Gasteiger partial charge in [0, 0.05) is 13.2 Å². The van der Waals surface area contributed by atoms with E-state index in [9.17, 15) is 0 Å². The summed E-state index contributed by atoms with van der Waals surface area (Å²) in [6, 6.07) is 0. The van der Waals surface area contributed by atoms with Gasteiger partial charge in [0.1, 0.15) is 13.2 Å². The summed E-state index contributed by atoms with van der Waals surface area (Å²) < 4.78 is 10.5. The number of hydrogen-bond donors (Lipinski definition) is 0. The molecule has 0 aromatic rings. The highest BCUT2D eigenvalue weighted by atomic mass is 16.5. The first kappa shape index (κ1) is 19.0. The Labute approximate surface area is 125 Å². The van der Waals surface area contributed by atoms with E-state index in [2.05, 4.69) is 11.8 Å². The molecule has 0 bridgehead atoms. The first-order chi connectivity index (χ1) is 9.91. The topological polar surface area (TPSA) is 18.5 Å². The molecule has 2 nitrogen and oxygen atoms in total. The highest BCUT2D eigenvalue weighted by Crippen LogP contribution is 2.10. The smallest absolute Gasteiger partial charge is 0.107 e. The molecule has 0 radical (unpaired) electrons. The quantitative estimate of drug-likeness (QED) is 0.330. The van der Waals surface area contributed by atoms with Gasteiger partial charge in [-0.2, -0.15) is 0 Å². The van der Waals surface area contributed by atoms with Crippen LogP contribution in [0.25, 0.3) is 0 Å². The molecule has 0 amide bonds. The first-order valence-corrected chi connectivity index (χ1v) is 7.94. The second kappa shape index (κ2) is 18.0. The summed E-state index contributed by atoms with van der Waals surface area (Å²) in [7, 11) is 0. The lowest BCUT2D eigenvalue weighted by Gasteiger charge is -2.03. The van der Waals surface area contributed by atoms with E-state index in [-0.39, 0.29) is 0 Å². The van der Waals surface area contributed by atoms with Gasteiger partial charge in [-0.15, -0.1) is 12.8 Å². The van der Waals surface area contributed by atoms with Crippen molar-refractivity contribution in [3.8, 4) is 24.7 Å². The number of terminal acetylenes is 2. The van der Waals surface area contributed by atoms with E-state index in [1.165, 1.54) is 51.4 Å². The van der Waals surface area contributed by atoms with E-state index in [0.717, 1.165) is 26.1 Å². The average molecular weight is 278 g/mol. The maximum atomic E-state index is 5.23. The highest BCUT2D eigenvalue weighted by Gasteiger charge is 1.93. The van der Waals surface area contributed by atoms with Gasteiger partial charge in [0.25, 0.3) is 0 Å². The Morgan fingerprint density at radius 1 is 0.500 bits per heavy atom. The monoisotopic (exact) mass is 278 g/mol. The van der Waals surface area contributed by atoms with Gasteiger partial charge in [0.2, 0.25) is 0 Å². The molecule has 20 heavy (non-hydrogen) atoms. The number of unbranched alkanes of at least 4 members (excludes halogenated alkanes) is 9. The van der Waals surface area contributed by atoms with Crippen LogP contribution in [0.1, 0.15) is 64.2 Å². The second-order valence-electron chi connectivity index (χ2n) is 5.05. The van der Waals surface area contributed by atoms with Crippen LogP contribution < -0.4 is 0 Å². The van der Waals surface area contributed by atoms with Gasteiger partial charge in [0.15, 0.2) is 0 Å². The summed E-state index contributed by atoms with van der Waals surface area (Å²) >= 11 is 0. The maximum absolute atomic E-state index is 5.23. The van der Waals surface area contributed by atoms with Gasteiger partial charge in [0.05, 0.1) is 0 Å². The van der Waals surface area contributed by atoms with Crippen molar-refractivity contribution in [3.05, 3.63) is 0 Å². The molecule has 0 aliphatic rings. The Kier molecular flexibility index (Phi) is 17.2.